The van der Waals surface area contributed by atoms with Crippen LogP contribution in [0, 0.1) is 0 Å². The van der Waals surface area contributed by atoms with Crippen LogP contribution in [0.15, 0.2) is 42.5 Å². The number of nitrogens with one attached hydrogen (secondary N) is 2. The molecule has 1 saturated heterocycles. The number of hydrogen-bond acceptors (Lipinski definition) is 6. The molecule has 1 aliphatic rings. The van der Waals surface area contributed by atoms with Crippen molar-refractivity contribution >= 4 is 38.9 Å². The number of sulfonamides is 1. The Hall–Kier alpha value is -2.82. The van der Waals surface area contributed by atoms with Gasteiger partial charge in [0, 0.05) is 25.2 Å². The van der Waals surface area contributed by atoms with Gasteiger partial charge < -0.3 is 15.4 Å². The van der Waals surface area contributed by atoms with Gasteiger partial charge in [0.25, 0.3) is 0 Å². The van der Waals surface area contributed by atoms with Crippen molar-refractivity contribution < 1.29 is 22.8 Å². The molecule has 10 heteroatoms. The van der Waals surface area contributed by atoms with Gasteiger partial charge in [-0.15, -0.1) is 0 Å². The molecule has 0 spiro atoms. The molecule has 0 aromatic heterocycles. The highest BCUT2D eigenvalue weighted by Crippen LogP contribution is 2.31. The summed E-state index contributed by atoms with van der Waals surface area (Å²) < 4.78 is 26.1. The van der Waals surface area contributed by atoms with Crippen LogP contribution in [0.5, 0.6) is 0 Å². The highest BCUT2D eigenvalue weighted by Gasteiger charge is 2.33. The number of carbonyl (C=O) groups excluding carboxylic acids is 3. The van der Waals surface area contributed by atoms with E-state index in [0.717, 1.165) is 6.26 Å². The van der Waals surface area contributed by atoms with E-state index >= 15 is 0 Å². The molecule has 1 aliphatic heterocycles. The van der Waals surface area contributed by atoms with Crippen molar-refractivity contribution in [3.05, 3.63) is 48.0 Å². The van der Waals surface area contributed by atoms with Crippen LogP contribution in [0.1, 0.15) is 31.4 Å². The number of benzene rings is 2. The summed E-state index contributed by atoms with van der Waals surface area (Å²) in [6, 6.07) is 14.4. The highest BCUT2D eigenvalue weighted by molar-refractivity contribution is 7.88. The van der Waals surface area contributed by atoms with E-state index in [-0.39, 0.29) is 31.7 Å². The minimum Gasteiger partial charge on any atom is -0.348 e. The maximum Gasteiger partial charge on any atom is 0.239 e. The molecule has 0 radical (unpaired) electrons. The Morgan fingerprint density at radius 3 is 2.44 bits per heavy atom. The first kappa shape index (κ1) is 25.8. The largest absolute Gasteiger partial charge is 0.348 e. The lowest BCUT2D eigenvalue weighted by atomic mass is 9.96. The average Bonchev–Trinajstić information content (AvgIpc) is 2.83. The average molecular weight is 489 g/mol. The van der Waals surface area contributed by atoms with Crippen LogP contribution in [0.4, 0.5) is 0 Å². The molecule has 184 valence electrons. The fourth-order valence-electron chi connectivity index (χ4n) is 4.48. The van der Waals surface area contributed by atoms with Gasteiger partial charge in [-0.05, 0) is 36.1 Å². The van der Waals surface area contributed by atoms with Gasteiger partial charge in [0.15, 0.2) is 0 Å². The van der Waals surface area contributed by atoms with Gasteiger partial charge in [-0.2, -0.15) is 4.31 Å². The van der Waals surface area contributed by atoms with Crippen molar-refractivity contribution in [2.45, 2.75) is 31.8 Å². The molecule has 2 aromatic carbocycles. The Kier molecular flexibility index (Phi) is 8.76. The zero-order chi connectivity index (χ0) is 24.7. The van der Waals surface area contributed by atoms with Crippen LogP contribution < -0.4 is 10.6 Å². The van der Waals surface area contributed by atoms with Crippen molar-refractivity contribution in [1.29, 1.82) is 0 Å². The molecule has 2 N–H and O–H groups in total. The van der Waals surface area contributed by atoms with Crippen LogP contribution in [0.25, 0.3) is 10.8 Å². The zero-order valence-corrected chi connectivity index (χ0v) is 20.4. The van der Waals surface area contributed by atoms with E-state index < -0.39 is 21.8 Å². The fourth-order valence-corrected chi connectivity index (χ4v) is 5.59. The monoisotopic (exact) mass is 488 g/mol. The Morgan fingerprint density at radius 2 is 1.76 bits per heavy atom. The first-order valence-corrected chi connectivity index (χ1v) is 13.2. The topological polar surface area (TPSA) is 116 Å². The lowest BCUT2D eigenvalue weighted by Crippen LogP contribution is -2.51. The molecule has 9 nitrogen and oxygen atoms in total. The summed E-state index contributed by atoms with van der Waals surface area (Å²) in [6.07, 6.45) is 2.85. The SMILES string of the molecule is C[C@H](c1cccc2ccccc12)N1CCC(N(CC(=O)NCC(=O)NCC=O)S(C)(=O)=O)CC1. The van der Waals surface area contributed by atoms with Crippen molar-refractivity contribution in [3.8, 4) is 0 Å². The fraction of sp³-hybridized carbons (Fsp3) is 0.458. The zero-order valence-electron chi connectivity index (χ0n) is 19.6. The molecule has 2 amide bonds. The number of amides is 2. The van der Waals surface area contributed by atoms with Crippen LogP contribution in [0.2, 0.25) is 0 Å². The summed E-state index contributed by atoms with van der Waals surface area (Å²) in [7, 11) is -3.62. The number of nitrogens with zero attached hydrogens (tertiary/aromatic N) is 2. The molecular weight excluding hydrogens is 456 g/mol. The molecule has 3 rings (SSSR count). The number of likely N-dealkylation sites (tertiary alicyclic amines) is 1. The molecular formula is C24H32N4O5S. The molecule has 0 saturated carbocycles. The summed E-state index contributed by atoms with van der Waals surface area (Å²) in [5, 5.41) is 7.14. The maximum atomic E-state index is 12.4. The Morgan fingerprint density at radius 1 is 1.09 bits per heavy atom. The number of aldehydes is 1. The van der Waals surface area contributed by atoms with Gasteiger partial charge >= 0.3 is 0 Å². The standard InChI is InChI=1S/C24H32N4O5S/c1-18(21-9-5-7-19-6-3-4-8-22(19)21)27-13-10-20(11-14-27)28(34(2,32)33)17-24(31)26-16-23(30)25-12-15-29/h3-9,15,18,20H,10-14,16-17H2,1-2H3,(H,25,30)(H,26,31)/t18-/m1/s1. The van der Waals surface area contributed by atoms with Crippen molar-refractivity contribution in [2.24, 2.45) is 0 Å². The minimum absolute atomic E-state index is 0.139. The number of rotatable bonds is 10. The summed E-state index contributed by atoms with van der Waals surface area (Å²) in [5.41, 5.74) is 1.24. The van der Waals surface area contributed by atoms with E-state index in [1.807, 2.05) is 12.1 Å². The van der Waals surface area contributed by atoms with E-state index in [9.17, 15) is 22.8 Å². The second-order valence-electron chi connectivity index (χ2n) is 8.57. The Labute approximate surface area is 200 Å². The van der Waals surface area contributed by atoms with Gasteiger partial charge in [0.2, 0.25) is 21.8 Å². The van der Waals surface area contributed by atoms with Crippen LogP contribution in [-0.2, 0) is 24.4 Å². The summed E-state index contributed by atoms with van der Waals surface area (Å²) in [4.78, 5) is 36.5. The van der Waals surface area contributed by atoms with Gasteiger partial charge in [-0.1, -0.05) is 42.5 Å². The van der Waals surface area contributed by atoms with Crippen molar-refractivity contribution in [2.75, 3.05) is 39.0 Å². The minimum atomic E-state index is -3.62. The quantitative estimate of drug-likeness (QED) is 0.483. The molecule has 0 bridgehead atoms. The number of carbonyl (C=O) groups is 3. The van der Waals surface area contributed by atoms with E-state index in [2.05, 4.69) is 52.8 Å². The van der Waals surface area contributed by atoms with Gasteiger partial charge in [0.1, 0.15) is 6.29 Å². The van der Waals surface area contributed by atoms with E-state index in [0.29, 0.717) is 32.2 Å². The lowest BCUT2D eigenvalue weighted by Gasteiger charge is -2.39. The van der Waals surface area contributed by atoms with E-state index in [1.165, 1.54) is 20.6 Å². The summed E-state index contributed by atoms with van der Waals surface area (Å²) >= 11 is 0. The summed E-state index contributed by atoms with van der Waals surface area (Å²) in [6.45, 7) is 2.78. The van der Waals surface area contributed by atoms with Crippen molar-refractivity contribution in [3.63, 3.8) is 0 Å². The first-order valence-electron chi connectivity index (χ1n) is 11.4. The third-order valence-corrected chi connectivity index (χ3v) is 7.56. The molecule has 2 aromatic rings. The molecule has 1 atom stereocenters. The highest BCUT2D eigenvalue weighted by atomic mass is 32.2. The van der Waals surface area contributed by atoms with E-state index in [1.54, 1.807) is 0 Å². The predicted octanol–water partition coefficient (Wildman–Crippen LogP) is 1.06. The third-order valence-electron chi connectivity index (χ3n) is 6.28. The van der Waals surface area contributed by atoms with Gasteiger partial charge in [0.05, 0.1) is 25.9 Å². The van der Waals surface area contributed by atoms with Crippen LogP contribution >= 0.6 is 0 Å². The lowest BCUT2D eigenvalue weighted by molar-refractivity contribution is -0.126. The normalized spacial score (nSPS) is 16.3. The number of piperidine rings is 1. The van der Waals surface area contributed by atoms with Gasteiger partial charge in [-0.25, -0.2) is 8.42 Å². The third kappa shape index (κ3) is 6.62. The van der Waals surface area contributed by atoms with Crippen LogP contribution in [0.3, 0.4) is 0 Å². The smallest absolute Gasteiger partial charge is 0.239 e. The first-order chi connectivity index (χ1) is 16.2. The second kappa shape index (κ2) is 11.5. The van der Waals surface area contributed by atoms with Crippen LogP contribution in [-0.4, -0.2) is 80.7 Å². The second-order valence-corrected chi connectivity index (χ2v) is 10.5. The molecule has 34 heavy (non-hydrogen) atoms. The van der Waals surface area contributed by atoms with Crippen molar-refractivity contribution in [1.82, 2.24) is 19.8 Å². The predicted molar refractivity (Wildman–Crippen MR) is 131 cm³/mol. The summed E-state index contributed by atoms with van der Waals surface area (Å²) in [5.74, 6) is -1.07. The number of fused-ring (bicyclic) bond motifs is 1. The molecule has 0 unspecified atom stereocenters. The number of hydrogen-bond donors (Lipinski definition) is 2. The van der Waals surface area contributed by atoms with Gasteiger partial charge in [-0.3, -0.25) is 14.5 Å². The molecule has 0 aliphatic carbocycles. The Bertz CT molecular complexity index is 1120. The molecule has 1 fully saturated rings. The Balaban J connectivity index is 1.61. The molecule has 1 heterocycles. The maximum absolute atomic E-state index is 12.4. The van der Waals surface area contributed by atoms with E-state index in [4.69, 9.17) is 0 Å².